The number of hydrogen-bond acceptors (Lipinski definition) is 9. The maximum absolute atomic E-state index is 13.0. The van der Waals surface area contributed by atoms with Gasteiger partial charge in [0, 0.05) is 12.6 Å². The molecule has 0 saturated carbocycles. The molecule has 3 heterocycles. The molecule has 0 unspecified atom stereocenters. The third-order valence-electron chi connectivity index (χ3n) is 7.97. The van der Waals surface area contributed by atoms with E-state index in [0.29, 0.717) is 16.4 Å². The number of nitrogens with zero attached hydrogens (tertiary/aromatic N) is 2. The van der Waals surface area contributed by atoms with Gasteiger partial charge in [-0.1, -0.05) is 60.7 Å². The number of hydrogen-bond donors (Lipinski definition) is 2. The largest absolute Gasteiger partial charge is 0.497 e. The summed E-state index contributed by atoms with van der Waals surface area (Å²) in [5.41, 5.74) is 0.846. The SMILES string of the molecule is COc1ccc(C(OC[C@H]2O[C@@H](n3ccc(NC(=O)c4cccs4)nc3=O)C[C@@H]2O)(c2ccccc2)c2ccc(OC)cc2)cc1. The number of aliphatic hydroxyl groups is 1. The van der Waals surface area contributed by atoms with Crippen LogP contribution in [-0.2, 0) is 15.1 Å². The van der Waals surface area contributed by atoms with Gasteiger partial charge in [0.1, 0.15) is 35.2 Å². The van der Waals surface area contributed by atoms with E-state index in [1.54, 1.807) is 31.7 Å². The summed E-state index contributed by atoms with van der Waals surface area (Å²) in [5, 5.41) is 15.5. The van der Waals surface area contributed by atoms with Crippen LogP contribution in [0.3, 0.4) is 0 Å². The van der Waals surface area contributed by atoms with Gasteiger partial charge >= 0.3 is 5.69 Å². The number of carbonyl (C=O) groups is 1. The molecule has 1 aliphatic heterocycles. The molecule has 11 heteroatoms. The van der Waals surface area contributed by atoms with Gasteiger partial charge in [-0.3, -0.25) is 9.36 Å². The summed E-state index contributed by atoms with van der Waals surface area (Å²) in [6.45, 7) is 0.00174. The molecule has 0 aliphatic carbocycles. The number of thiophene rings is 1. The standard InChI is InChI=1S/C35H33N3O7S/c1-42-26-14-10-24(11-15-26)35(23-7-4-3-5-8-23,25-12-16-27(43-2)17-13-25)44-22-29-28(39)21-32(45-29)38-19-18-31(37-34(38)41)36-33(40)30-9-6-20-46-30/h3-20,28-29,32,39H,21-22H2,1-2H3,(H,36,37,40,41)/t28-,29+,32+/m0/s1. The quantitative estimate of drug-likeness (QED) is 0.189. The number of nitrogens with one attached hydrogen (secondary N) is 1. The highest BCUT2D eigenvalue weighted by atomic mass is 32.1. The zero-order valence-electron chi connectivity index (χ0n) is 25.2. The van der Waals surface area contributed by atoms with E-state index in [-0.39, 0.29) is 24.8 Å². The topological polar surface area (TPSA) is 121 Å². The Morgan fingerprint density at radius 2 is 1.57 bits per heavy atom. The first-order valence-corrected chi connectivity index (χ1v) is 15.6. The molecule has 0 bridgehead atoms. The highest BCUT2D eigenvalue weighted by molar-refractivity contribution is 7.12. The van der Waals surface area contributed by atoms with Gasteiger partial charge < -0.3 is 29.4 Å². The minimum Gasteiger partial charge on any atom is -0.497 e. The summed E-state index contributed by atoms with van der Waals surface area (Å²) in [5.74, 6) is 1.19. The van der Waals surface area contributed by atoms with E-state index in [1.807, 2.05) is 78.9 Å². The summed E-state index contributed by atoms with van der Waals surface area (Å²) >= 11 is 1.29. The van der Waals surface area contributed by atoms with Crippen molar-refractivity contribution < 1.29 is 28.8 Å². The van der Waals surface area contributed by atoms with Crippen LogP contribution in [0.25, 0.3) is 0 Å². The van der Waals surface area contributed by atoms with E-state index >= 15 is 0 Å². The molecule has 3 atom stereocenters. The van der Waals surface area contributed by atoms with Crippen molar-refractivity contribution in [3.8, 4) is 11.5 Å². The molecule has 1 aliphatic rings. The summed E-state index contributed by atoms with van der Waals surface area (Å²) in [6, 6.07) is 30.1. The normalized spacial score (nSPS) is 17.8. The molecular formula is C35H33N3O7S. The summed E-state index contributed by atoms with van der Waals surface area (Å²) in [7, 11) is 3.23. The monoisotopic (exact) mass is 639 g/mol. The first-order chi connectivity index (χ1) is 22.4. The van der Waals surface area contributed by atoms with Gasteiger partial charge in [-0.2, -0.15) is 4.98 Å². The second-order valence-electron chi connectivity index (χ2n) is 10.7. The summed E-state index contributed by atoms with van der Waals surface area (Å²) in [6.07, 6.45) is -0.799. The molecule has 6 rings (SSSR count). The van der Waals surface area contributed by atoms with Crippen molar-refractivity contribution in [3.05, 3.63) is 141 Å². The number of rotatable bonds is 11. The Morgan fingerprint density at radius 3 is 2.13 bits per heavy atom. The molecule has 10 nitrogen and oxygen atoms in total. The van der Waals surface area contributed by atoms with Crippen molar-refractivity contribution in [1.29, 1.82) is 0 Å². The number of aromatic nitrogens is 2. The Hall–Kier alpha value is -4.81. The molecule has 3 aromatic carbocycles. The zero-order chi connectivity index (χ0) is 32.1. The van der Waals surface area contributed by atoms with Crippen LogP contribution in [0.2, 0.25) is 0 Å². The van der Waals surface area contributed by atoms with Crippen LogP contribution in [0.15, 0.2) is 113 Å². The Morgan fingerprint density at radius 1 is 0.935 bits per heavy atom. The molecule has 0 radical (unpaired) electrons. The lowest BCUT2D eigenvalue weighted by atomic mass is 9.80. The van der Waals surface area contributed by atoms with Gasteiger partial charge in [0.2, 0.25) is 0 Å². The molecule has 2 aromatic heterocycles. The number of amides is 1. The van der Waals surface area contributed by atoms with E-state index in [0.717, 1.165) is 16.7 Å². The highest BCUT2D eigenvalue weighted by Crippen LogP contribution is 2.42. The van der Waals surface area contributed by atoms with Gasteiger partial charge in [0.05, 0.1) is 31.8 Å². The van der Waals surface area contributed by atoms with Gasteiger partial charge in [0.25, 0.3) is 5.91 Å². The fraction of sp³-hybridized carbons (Fsp3) is 0.229. The number of ether oxygens (including phenoxy) is 4. The van der Waals surface area contributed by atoms with E-state index in [4.69, 9.17) is 18.9 Å². The lowest BCUT2D eigenvalue weighted by molar-refractivity contribution is -0.0944. The maximum Gasteiger partial charge on any atom is 0.351 e. The Kier molecular flexibility index (Phi) is 9.27. The van der Waals surface area contributed by atoms with Crippen LogP contribution in [-0.4, -0.2) is 53.6 Å². The zero-order valence-corrected chi connectivity index (χ0v) is 26.1. The fourth-order valence-electron chi connectivity index (χ4n) is 5.60. The van der Waals surface area contributed by atoms with Gasteiger partial charge in [-0.15, -0.1) is 11.3 Å². The van der Waals surface area contributed by atoms with E-state index < -0.39 is 29.7 Å². The predicted octanol–water partition coefficient (Wildman–Crippen LogP) is 5.23. The number of anilines is 1. The third kappa shape index (κ3) is 6.31. The highest BCUT2D eigenvalue weighted by Gasteiger charge is 2.42. The third-order valence-corrected chi connectivity index (χ3v) is 8.84. The van der Waals surface area contributed by atoms with Gasteiger partial charge in [0.15, 0.2) is 0 Å². The Labute approximate surface area is 269 Å². The molecular weight excluding hydrogens is 606 g/mol. The molecule has 2 N–H and O–H groups in total. The van der Waals surface area contributed by atoms with Crippen LogP contribution >= 0.6 is 11.3 Å². The maximum atomic E-state index is 13.0. The van der Waals surface area contributed by atoms with E-state index in [9.17, 15) is 14.7 Å². The van der Waals surface area contributed by atoms with Crippen molar-refractivity contribution in [2.45, 2.75) is 30.5 Å². The van der Waals surface area contributed by atoms with Crippen molar-refractivity contribution in [2.75, 3.05) is 26.1 Å². The molecule has 1 amide bonds. The van der Waals surface area contributed by atoms with Crippen molar-refractivity contribution >= 4 is 23.1 Å². The second-order valence-corrected chi connectivity index (χ2v) is 11.6. The van der Waals surface area contributed by atoms with Crippen LogP contribution in [0.1, 0.15) is 39.0 Å². The van der Waals surface area contributed by atoms with Crippen LogP contribution < -0.4 is 20.5 Å². The van der Waals surface area contributed by atoms with Gasteiger partial charge in [-0.25, -0.2) is 4.79 Å². The molecule has 0 spiro atoms. The molecule has 1 saturated heterocycles. The number of methoxy groups -OCH3 is 2. The van der Waals surface area contributed by atoms with Crippen LogP contribution in [0.4, 0.5) is 5.82 Å². The number of carbonyl (C=O) groups excluding carboxylic acids is 1. The van der Waals surface area contributed by atoms with Crippen molar-refractivity contribution in [1.82, 2.24) is 9.55 Å². The van der Waals surface area contributed by atoms with Gasteiger partial charge in [-0.05, 0) is 58.5 Å². The first kappa shape index (κ1) is 31.2. The summed E-state index contributed by atoms with van der Waals surface area (Å²) < 4.78 is 25.3. The first-order valence-electron chi connectivity index (χ1n) is 14.7. The number of aliphatic hydroxyl groups excluding tert-OH is 1. The van der Waals surface area contributed by atoms with Crippen molar-refractivity contribution in [2.24, 2.45) is 0 Å². The average molecular weight is 640 g/mol. The minimum atomic E-state index is -1.10. The molecule has 46 heavy (non-hydrogen) atoms. The van der Waals surface area contributed by atoms with E-state index in [1.165, 1.54) is 28.2 Å². The summed E-state index contributed by atoms with van der Waals surface area (Å²) in [4.78, 5) is 29.9. The molecule has 1 fully saturated rings. The minimum absolute atomic E-state index is 0.00174. The van der Waals surface area contributed by atoms with Crippen LogP contribution in [0.5, 0.6) is 11.5 Å². The molecule has 236 valence electrons. The lowest BCUT2D eigenvalue weighted by Gasteiger charge is -2.37. The smallest absolute Gasteiger partial charge is 0.351 e. The second kappa shape index (κ2) is 13.7. The Bertz CT molecular complexity index is 1760. The predicted molar refractivity (Wildman–Crippen MR) is 174 cm³/mol. The number of benzene rings is 3. The lowest BCUT2D eigenvalue weighted by Crippen LogP contribution is -2.38. The Balaban J connectivity index is 1.27. The van der Waals surface area contributed by atoms with Crippen LogP contribution in [0, 0.1) is 0 Å². The fourth-order valence-corrected chi connectivity index (χ4v) is 6.22. The van der Waals surface area contributed by atoms with Crippen molar-refractivity contribution in [3.63, 3.8) is 0 Å². The molecule has 5 aromatic rings. The van der Waals surface area contributed by atoms with E-state index in [2.05, 4.69) is 10.3 Å². The average Bonchev–Trinajstić information content (AvgIpc) is 3.77.